The predicted molar refractivity (Wildman–Crippen MR) is 105 cm³/mol. The van der Waals surface area contributed by atoms with E-state index in [1.807, 2.05) is 0 Å². The van der Waals surface area contributed by atoms with Crippen LogP contribution in [-0.2, 0) is 9.53 Å². The number of unbranched alkanes of at least 4 members (excludes halogenated alkanes) is 3. The number of methoxy groups -OCH3 is 2. The maximum Gasteiger partial charge on any atom is 0.338 e. The van der Waals surface area contributed by atoms with Crippen molar-refractivity contribution in [3.8, 4) is 17.2 Å². The molecule has 2 aromatic carbocycles. The van der Waals surface area contributed by atoms with Crippen molar-refractivity contribution >= 4 is 11.9 Å². The van der Waals surface area contributed by atoms with Gasteiger partial charge in [0.05, 0.1) is 26.4 Å². The molecule has 0 amide bonds. The van der Waals surface area contributed by atoms with Crippen molar-refractivity contribution < 1.29 is 28.5 Å². The Labute approximate surface area is 165 Å². The molecule has 150 valence electrons. The van der Waals surface area contributed by atoms with Crippen LogP contribution in [-0.4, -0.2) is 32.8 Å². The maximum atomic E-state index is 11.9. The molecule has 0 radical (unpaired) electrons. The van der Waals surface area contributed by atoms with Gasteiger partial charge in [-0.1, -0.05) is 12.8 Å². The van der Waals surface area contributed by atoms with Crippen LogP contribution in [0.2, 0.25) is 0 Å². The summed E-state index contributed by atoms with van der Waals surface area (Å²) < 4.78 is 20.6. The lowest BCUT2D eigenvalue weighted by atomic mass is 10.1. The summed E-state index contributed by atoms with van der Waals surface area (Å²) in [6.45, 7) is 0.362. The molecule has 0 aliphatic rings. The van der Waals surface area contributed by atoms with E-state index in [1.165, 1.54) is 0 Å². The van der Waals surface area contributed by atoms with Crippen LogP contribution in [0.5, 0.6) is 17.2 Å². The molecule has 0 heterocycles. The summed E-state index contributed by atoms with van der Waals surface area (Å²) >= 11 is 0. The van der Waals surface area contributed by atoms with Gasteiger partial charge >= 0.3 is 11.9 Å². The average molecular weight is 386 g/mol. The largest absolute Gasteiger partial charge is 0.497 e. The summed E-state index contributed by atoms with van der Waals surface area (Å²) in [5.74, 6) is 1.33. The molecule has 0 saturated carbocycles. The van der Waals surface area contributed by atoms with Crippen molar-refractivity contribution in [3.05, 3.63) is 54.1 Å². The zero-order chi connectivity index (χ0) is 20.2. The lowest BCUT2D eigenvalue weighted by Crippen LogP contribution is -2.08. The molecule has 0 aromatic heterocycles. The number of rotatable bonds is 11. The molecule has 6 heteroatoms. The zero-order valence-corrected chi connectivity index (χ0v) is 16.3. The fourth-order valence-corrected chi connectivity index (χ4v) is 2.53. The van der Waals surface area contributed by atoms with Gasteiger partial charge in [0, 0.05) is 6.42 Å². The molecule has 0 aliphatic heterocycles. The van der Waals surface area contributed by atoms with E-state index in [0.29, 0.717) is 35.8 Å². The molecular weight excluding hydrogens is 360 g/mol. The van der Waals surface area contributed by atoms with Gasteiger partial charge in [-0.25, -0.2) is 4.79 Å². The first kappa shape index (κ1) is 21.3. The van der Waals surface area contributed by atoms with E-state index in [4.69, 9.17) is 18.9 Å². The number of hydrogen-bond donors (Lipinski definition) is 0. The minimum absolute atomic E-state index is 0.254. The molecule has 0 saturated heterocycles. The Hall–Kier alpha value is -3.02. The van der Waals surface area contributed by atoms with Crippen molar-refractivity contribution in [2.45, 2.75) is 32.1 Å². The lowest BCUT2D eigenvalue weighted by molar-refractivity contribution is -0.134. The molecular formula is C22H26O6. The first-order valence-corrected chi connectivity index (χ1v) is 9.28. The number of esters is 2. The van der Waals surface area contributed by atoms with Crippen molar-refractivity contribution in [2.75, 3.05) is 20.8 Å². The normalized spacial score (nSPS) is 10.2. The van der Waals surface area contributed by atoms with Crippen molar-refractivity contribution in [3.63, 3.8) is 0 Å². The van der Waals surface area contributed by atoms with Crippen LogP contribution in [0.25, 0.3) is 0 Å². The molecule has 6 nitrogen and oxygen atoms in total. The van der Waals surface area contributed by atoms with E-state index in [2.05, 4.69) is 0 Å². The van der Waals surface area contributed by atoms with E-state index in [1.54, 1.807) is 62.8 Å². The quantitative estimate of drug-likeness (QED) is 0.323. The summed E-state index contributed by atoms with van der Waals surface area (Å²) in [7, 11) is 3.16. The number of hydrogen-bond acceptors (Lipinski definition) is 6. The van der Waals surface area contributed by atoms with Gasteiger partial charge in [0.2, 0.25) is 0 Å². The van der Waals surface area contributed by atoms with E-state index < -0.39 is 0 Å². The predicted octanol–water partition coefficient (Wildman–Crippen LogP) is 4.42. The van der Waals surface area contributed by atoms with Crippen molar-refractivity contribution in [1.82, 2.24) is 0 Å². The number of ether oxygens (including phenoxy) is 4. The Bertz CT molecular complexity index is 737. The third-order valence-electron chi connectivity index (χ3n) is 4.13. The van der Waals surface area contributed by atoms with Gasteiger partial charge < -0.3 is 18.9 Å². The third kappa shape index (κ3) is 7.31. The number of carbonyl (C=O) groups excluding carboxylic acids is 2. The van der Waals surface area contributed by atoms with Gasteiger partial charge in [0.25, 0.3) is 0 Å². The minimum atomic E-state index is -0.342. The maximum absolute atomic E-state index is 11.9. The van der Waals surface area contributed by atoms with Gasteiger partial charge in [-0.2, -0.15) is 0 Å². The van der Waals surface area contributed by atoms with Gasteiger partial charge in [-0.15, -0.1) is 0 Å². The molecule has 0 atom stereocenters. The second kappa shape index (κ2) is 11.6. The average Bonchev–Trinajstić information content (AvgIpc) is 2.73. The first-order chi connectivity index (χ1) is 13.6. The Morgan fingerprint density at radius 3 is 1.86 bits per heavy atom. The Kier molecular flexibility index (Phi) is 8.85. The monoisotopic (exact) mass is 386 g/mol. The molecule has 0 unspecified atom stereocenters. The molecule has 0 fully saturated rings. The van der Waals surface area contributed by atoms with Gasteiger partial charge in [-0.05, 0) is 61.4 Å². The smallest absolute Gasteiger partial charge is 0.338 e. The molecule has 0 aliphatic carbocycles. The fourth-order valence-electron chi connectivity index (χ4n) is 2.53. The van der Waals surface area contributed by atoms with E-state index >= 15 is 0 Å². The molecule has 0 bridgehead atoms. The topological polar surface area (TPSA) is 71.1 Å². The molecule has 28 heavy (non-hydrogen) atoms. The third-order valence-corrected chi connectivity index (χ3v) is 4.13. The second-order valence-corrected chi connectivity index (χ2v) is 6.18. The lowest BCUT2D eigenvalue weighted by Gasteiger charge is -2.06. The second-order valence-electron chi connectivity index (χ2n) is 6.18. The molecule has 2 aromatic rings. The van der Waals surface area contributed by atoms with Crippen LogP contribution < -0.4 is 14.2 Å². The van der Waals surface area contributed by atoms with Gasteiger partial charge in [0.15, 0.2) is 0 Å². The van der Waals surface area contributed by atoms with Gasteiger partial charge in [-0.3, -0.25) is 4.79 Å². The van der Waals surface area contributed by atoms with Crippen LogP contribution in [0.4, 0.5) is 0 Å². The SMILES string of the molecule is COc1ccc(OC(=O)CCCCCCOC(=O)c2ccc(OC)cc2)cc1. The van der Waals surface area contributed by atoms with Crippen LogP contribution in [0, 0.1) is 0 Å². The summed E-state index contributed by atoms with van der Waals surface area (Å²) in [5.41, 5.74) is 0.502. The van der Waals surface area contributed by atoms with Crippen LogP contribution in [0.3, 0.4) is 0 Å². The van der Waals surface area contributed by atoms with E-state index in [-0.39, 0.29) is 11.9 Å². The standard InChI is InChI=1S/C22H26O6/c1-25-18-10-8-17(9-11-18)22(24)27-16-6-4-3-5-7-21(23)28-20-14-12-19(26-2)13-15-20/h8-15H,3-7,16H2,1-2H3. The molecule has 2 rings (SSSR count). The van der Waals surface area contributed by atoms with Crippen LogP contribution in [0.15, 0.2) is 48.5 Å². The fraction of sp³-hybridized carbons (Fsp3) is 0.364. The molecule has 0 spiro atoms. The van der Waals surface area contributed by atoms with Gasteiger partial charge in [0.1, 0.15) is 17.2 Å². The van der Waals surface area contributed by atoms with Crippen molar-refractivity contribution in [1.29, 1.82) is 0 Å². The zero-order valence-electron chi connectivity index (χ0n) is 16.3. The molecule has 0 N–H and O–H groups in total. The van der Waals surface area contributed by atoms with E-state index in [0.717, 1.165) is 25.7 Å². The summed E-state index contributed by atoms with van der Waals surface area (Å²) in [4.78, 5) is 23.7. The Morgan fingerprint density at radius 1 is 0.714 bits per heavy atom. The highest BCUT2D eigenvalue weighted by Crippen LogP contribution is 2.18. The van der Waals surface area contributed by atoms with Crippen LogP contribution >= 0.6 is 0 Å². The highest BCUT2D eigenvalue weighted by atomic mass is 16.5. The first-order valence-electron chi connectivity index (χ1n) is 9.28. The summed E-state index contributed by atoms with van der Waals surface area (Å²) in [6.07, 6.45) is 3.61. The Morgan fingerprint density at radius 2 is 1.25 bits per heavy atom. The Balaban J connectivity index is 1.53. The summed E-state index contributed by atoms with van der Waals surface area (Å²) in [5, 5.41) is 0. The van der Waals surface area contributed by atoms with Crippen molar-refractivity contribution in [2.24, 2.45) is 0 Å². The number of benzene rings is 2. The highest BCUT2D eigenvalue weighted by molar-refractivity contribution is 5.89. The van der Waals surface area contributed by atoms with E-state index in [9.17, 15) is 9.59 Å². The highest BCUT2D eigenvalue weighted by Gasteiger charge is 2.07. The summed E-state index contributed by atoms with van der Waals surface area (Å²) in [6, 6.07) is 13.7. The van der Waals surface area contributed by atoms with Crippen LogP contribution in [0.1, 0.15) is 42.5 Å². The number of carbonyl (C=O) groups is 2. The minimum Gasteiger partial charge on any atom is -0.497 e.